The summed E-state index contributed by atoms with van der Waals surface area (Å²) in [6, 6.07) is 4.59. The maximum atomic E-state index is 4.89. The van der Waals surface area contributed by atoms with Crippen molar-refractivity contribution in [1.29, 1.82) is 0 Å². The lowest BCUT2D eigenvalue weighted by atomic mass is 9.94. The Morgan fingerprint density at radius 2 is 1.95 bits per heavy atom. The van der Waals surface area contributed by atoms with Crippen molar-refractivity contribution in [2.75, 3.05) is 19.6 Å². The molecule has 0 atom stereocenters. The summed E-state index contributed by atoms with van der Waals surface area (Å²) in [5.41, 5.74) is 2.13. The number of fused-ring (bicyclic) bond motifs is 1. The van der Waals surface area contributed by atoms with Gasteiger partial charge in [-0.3, -0.25) is 0 Å². The van der Waals surface area contributed by atoms with Gasteiger partial charge in [0, 0.05) is 30.7 Å². The Kier molecular flexibility index (Phi) is 3.74. The van der Waals surface area contributed by atoms with Crippen molar-refractivity contribution in [3.8, 4) is 0 Å². The number of hydrogen-bond donors (Lipinski definition) is 0. The predicted octanol–water partition coefficient (Wildman–Crippen LogP) is 3.39. The smallest absolute Gasteiger partial charge is 0.160 e. The molecule has 3 rings (SSSR count). The molecule has 0 bridgehead atoms. The third-order valence-corrected chi connectivity index (χ3v) is 4.49. The largest absolute Gasteiger partial charge is 0.309 e. The molecule has 0 aromatic carbocycles. The molecular weight excluding hydrogens is 260 g/mol. The SMILES string of the molecule is CCN1CCC(n2c(C(C)(C)C)nc3cccnc32)CC1. The summed E-state index contributed by atoms with van der Waals surface area (Å²) in [6.07, 6.45) is 4.27. The highest BCUT2D eigenvalue weighted by Gasteiger charge is 2.29. The maximum absolute atomic E-state index is 4.89. The minimum atomic E-state index is 0.0442. The van der Waals surface area contributed by atoms with Gasteiger partial charge in [0.2, 0.25) is 0 Å². The maximum Gasteiger partial charge on any atom is 0.160 e. The fraction of sp³-hybridized carbons (Fsp3) is 0.647. The van der Waals surface area contributed by atoms with Gasteiger partial charge in [-0.25, -0.2) is 9.97 Å². The molecule has 0 unspecified atom stereocenters. The Labute approximate surface area is 127 Å². The second-order valence-corrected chi connectivity index (χ2v) is 7.07. The molecule has 1 fully saturated rings. The summed E-state index contributed by atoms with van der Waals surface area (Å²) in [7, 11) is 0. The van der Waals surface area contributed by atoms with Crippen LogP contribution in [0.4, 0.5) is 0 Å². The second-order valence-electron chi connectivity index (χ2n) is 7.07. The van der Waals surface area contributed by atoms with E-state index in [1.165, 1.54) is 31.8 Å². The molecule has 21 heavy (non-hydrogen) atoms. The van der Waals surface area contributed by atoms with Gasteiger partial charge in [0.05, 0.1) is 0 Å². The average molecular weight is 286 g/mol. The average Bonchev–Trinajstić information content (AvgIpc) is 2.87. The summed E-state index contributed by atoms with van der Waals surface area (Å²) < 4.78 is 2.42. The zero-order chi connectivity index (χ0) is 15.0. The first kappa shape index (κ1) is 14.5. The molecule has 0 N–H and O–H groups in total. The molecule has 4 heteroatoms. The van der Waals surface area contributed by atoms with Gasteiger partial charge in [-0.05, 0) is 31.5 Å². The number of pyridine rings is 1. The van der Waals surface area contributed by atoms with Gasteiger partial charge in [-0.2, -0.15) is 0 Å². The molecule has 114 valence electrons. The lowest BCUT2D eigenvalue weighted by molar-refractivity contribution is 0.192. The standard InChI is InChI=1S/C17H26N4/c1-5-20-11-8-13(9-12-20)21-15-14(7-6-10-18-15)19-16(21)17(2,3)4/h6-7,10,13H,5,8-9,11-12H2,1-4H3. The van der Waals surface area contributed by atoms with Gasteiger partial charge in [0.15, 0.2) is 5.65 Å². The first-order valence-electron chi connectivity index (χ1n) is 8.06. The summed E-state index contributed by atoms with van der Waals surface area (Å²) in [4.78, 5) is 12.0. The number of likely N-dealkylation sites (tertiary alicyclic amines) is 1. The monoisotopic (exact) mass is 286 g/mol. The van der Waals surface area contributed by atoms with E-state index < -0.39 is 0 Å². The highest BCUT2D eigenvalue weighted by atomic mass is 15.2. The van der Waals surface area contributed by atoms with Crippen molar-refractivity contribution < 1.29 is 0 Å². The first-order valence-corrected chi connectivity index (χ1v) is 8.06. The number of rotatable bonds is 2. The minimum absolute atomic E-state index is 0.0442. The zero-order valence-electron chi connectivity index (χ0n) is 13.6. The van der Waals surface area contributed by atoms with E-state index in [0.29, 0.717) is 6.04 Å². The van der Waals surface area contributed by atoms with E-state index in [1.807, 2.05) is 12.3 Å². The lowest BCUT2D eigenvalue weighted by Crippen LogP contribution is -2.35. The number of hydrogen-bond acceptors (Lipinski definition) is 3. The van der Waals surface area contributed by atoms with Crippen molar-refractivity contribution in [3.05, 3.63) is 24.2 Å². The van der Waals surface area contributed by atoms with Gasteiger partial charge >= 0.3 is 0 Å². The quantitative estimate of drug-likeness (QED) is 0.848. The van der Waals surface area contributed by atoms with Crippen LogP contribution < -0.4 is 0 Å². The van der Waals surface area contributed by atoms with Gasteiger partial charge in [0.1, 0.15) is 11.3 Å². The number of piperidine rings is 1. The Balaban J connectivity index is 2.04. The van der Waals surface area contributed by atoms with Crippen LogP contribution in [0.5, 0.6) is 0 Å². The first-order chi connectivity index (χ1) is 10.0. The van der Waals surface area contributed by atoms with Crippen LogP contribution in [0.2, 0.25) is 0 Å². The van der Waals surface area contributed by atoms with Crippen LogP contribution in [0.25, 0.3) is 11.2 Å². The topological polar surface area (TPSA) is 34.0 Å². The van der Waals surface area contributed by atoms with E-state index >= 15 is 0 Å². The van der Waals surface area contributed by atoms with Crippen molar-refractivity contribution in [3.63, 3.8) is 0 Å². The third-order valence-electron chi connectivity index (χ3n) is 4.49. The van der Waals surface area contributed by atoms with Crippen LogP contribution in [-0.4, -0.2) is 39.1 Å². The molecule has 0 aliphatic carbocycles. The van der Waals surface area contributed by atoms with Crippen LogP contribution in [0.3, 0.4) is 0 Å². The third kappa shape index (κ3) is 2.69. The van der Waals surface area contributed by atoms with Gasteiger partial charge < -0.3 is 9.47 Å². The Morgan fingerprint density at radius 1 is 1.24 bits per heavy atom. The molecular formula is C17H26N4. The summed E-state index contributed by atoms with van der Waals surface area (Å²) in [5, 5.41) is 0. The molecule has 0 radical (unpaired) electrons. The van der Waals surface area contributed by atoms with Crippen LogP contribution >= 0.6 is 0 Å². The molecule has 2 aromatic heterocycles. The number of nitrogens with zero attached hydrogens (tertiary/aromatic N) is 4. The van der Waals surface area contributed by atoms with Crippen LogP contribution in [0, 0.1) is 0 Å². The summed E-state index contributed by atoms with van der Waals surface area (Å²) in [6.45, 7) is 12.5. The van der Waals surface area contributed by atoms with Crippen molar-refractivity contribution in [2.24, 2.45) is 0 Å². The molecule has 1 aliphatic heterocycles. The Morgan fingerprint density at radius 3 is 2.57 bits per heavy atom. The predicted molar refractivity (Wildman–Crippen MR) is 86.6 cm³/mol. The Bertz CT molecular complexity index is 615. The molecule has 1 aliphatic rings. The highest BCUT2D eigenvalue weighted by Crippen LogP contribution is 2.32. The van der Waals surface area contributed by atoms with Crippen molar-refractivity contribution in [2.45, 2.75) is 52.0 Å². The normalized spacial score (nSPS) is 18.5. The van der Waals surface area contributed by atoms with Crippen molar-refractivity contribution >= 4 is 11.2 Å². The van der Waals surface area contributed by atoms with Gasteiger partial charge in [0.25, 0.3) is 0 Å². The van der Waals surface area contributed by atoms with E-state index in [1.54, 1.807) is 0 Å². The van der Waals surface area contributed by atoms with E-state index in [0.717, 1.165) is 17.7 Å². The zero-order valence-corrected chi connectivity index (χ0v) is 13.6. The van der Waals surface area contributed by atoms with Gasteiger partial charge in [-0.15, -0.1) is 0 Å². The highest BCUT2D eigenvalue weighted by molar-refractivity contribution is 5.71. The Hall–Kier alpha value is -1.42. The molecule has 4 nitrogen and oxygen atoms in total. The van der Waals surface area contributed by atoms with E-state index in [9.17, 15) is 0 Å². The molecule has 0 amide bonds. The molecule has 1 saturated heterocycles. The second kappa shape index (κ2) is 5.41. The van der Waals surface area contributed by atoms with E-state index in [4.69, 9.17) is 4.98 Å². The summed E-state index contributed by atoms with van der Waals surface area (Å²) >= 11 is 0. The van der Waals surface area contributed by atoms with Crippen molar-refractivity contribution in [1.82, 2.24) is 19.4 Å². The number of aromatic nitrogens is 3. The summed E-state index contributed by atoms with van der Waals surface area (Å²) in [5.74, 6) is 1.17. The van der Waals surface area contributed by atoms with E-state index in [2.05, 4.69) is 48.2 Å². The van der Waals surface area contributed by atoms with Crippen LogP contribution in [0.15, 0.2) is 18.3 Å². The fourth-order valence-electron chi connectivity index (χ4n) is 3.30. The minimum Gasteiger partial charge on any atom is -0.309 e. The molecule has 2 aromatic rings. The van der Waals surface area contributed by atoms with Crippen LogP contribution in [0.1, 0.15) is 52.4 Å². The molecule has 0 spiro atoms. The lowest BCUT2D eigenvalue weighted by Gasteiger charge is -2.34. The number of imidazole rings is 1. The molecule has 0 saturated carbocycles. The molecule has 3 heterocycles. The van der Waals surface area contributed by atoms with Gasteiger partial charge in [-0.1, -0.05) is 27.7 Å². The van der Waals surface area contributed by atoms with Crippen LogP contribution in [-0.2, 0) is 5.41 Å². The van der Waals surface area contributed by atoms with E-state index in [-0.39, 0.29) is 5.41 Å². The fourth-order valence-corrected chi connectivity index (χ4v) is 3.30.